The number of methoxy groups -OCH3 is 3. The van der Waals surface area contributed by atoms with Crippen molar-refractivity contribution in [2.45, 2.75) is 26.3 Å². The van der Waals surface area contributed by atoms with Crippen LogP contribution in [0, 0.1) is 6.92 Å². The van der Waals surface area contributed by atoms with Crippen LogP contribution in [0.25, 0.3) is 0 Å². The molecule has 1 heterocycles. The number of thiophene rings is 1. The molecule has 0 fully saturated rings. The summed E-state index contributed by atoms with van der Waals surface area (Å²) in [6.07, 6.45) is 1.25. The van der Waals surface area contributed by atoms with Gasteiger partial charge in [-0.1, -0.05) is 22.0 Å². The van der Waals surface area contributed by atoms with Crippen molar-refractivity contribution in [2.75, 3.05) is 52.9 Å². The van der Waals surface area contributed by atoms with Gasteiger partial charge in [-0.3, -0.25) is 4.79 Å². The summed E-state index contributed by atoms with van der Waals surface area (Å²) in [5, 5.41) is 2.91. The summed E-state index contributed by atoms with van der Waals surface area (Å²) >= 11 is 5.07. The highest BCUT2D eigenvalue weighted by atomic mass is 79.9. The number of hydrogen-bond acceptors (Lipinski definition) is 6. The van der Waals surface area contributed by atoms with Crippen LogP contribution in [0.15, 0.2) is 59.1 Å². The molecular weight excluding hydrogens is 582 g/mol. The number of urea groups is 1. The van der Waals surface area contributed by atoms with Crippen molar-refractivity contribution in [3.63, 3.8) is 0 Å². The van der Waals surface area contributed by atoms with Crippen LogP contribution >= 0.6 is 27.3 Å². The lowest BCUT2D eigenvalue weighted by atomic mass is 10.1. The van der Waals surface area contributed by atoms with E-state index in [0.29, 0.717) is 56.3 Å². The Balaban J connectivity index is 1.75. The van der Waals surface area contributed by atoms with Crippen LogP contribution in [0.4, 0.5) is 10.5 Å². The Morgan fingerprint density at radius 1 is 0.923 bits per heavy atom. The van der Waals surface area contributed by atoms with Gasteiger partial charge in [0.15, 0.2) is 11.5 Å². The van der Waals surface area contributed by atoms with Crippen molar-refractivity contribution in [3.05, 3.63) is 74.4 Å². The van der Waals surface area contributed by atoms with E-state index in [2.05, 4.69) is 27.3 Å². The quantitative estimate of drug-likeness (QED) is 0.225. The summed E-state index contributed by atoms with van der Waals surface area (Å²) in [6, 6.07) is 16.9. The fourth-order valence-electron chi connectivity index (χ4n) is 4.00. The maximum absolute atomic E-state index is 13.7. The van der Waals surface area contributed by atoms with E-state index in [1.54, 1.807) is 37.6 Å². The minimum absolute atomic E-state index is 0.0393. The maximum atomic E-state index is 13.7. The fourth-order valence-corrected chi connectivity index (χ4v) is 5.17. The molecule has 0 radical (unpaired) electrons. The molecule has 0 aliphatic carbocycles. The number of amides is 3. The molecule has 3 aromatic rings. The van der Waals surface area contributed by atoms with Gasteiger partial charge in [0, 0.05) is 46.7 Å². The monoisotopic (exact) mass is 617 g/mol. The van der Waals surface area contributed by atoms with E-state index in [9.17, 15) is 9.59 Å². The Morgan fingerprint density at radius 3 is 2.31 bits per heavy atom. The first kappa shape index (κ1) is 30.5. The van der Waals surface area contributed by atoms with Gasteiger partial charge in [-0.2, -0.15) is 0 Å². The molecule has 10 heteroatoms. The van der Waals surface area contributed by atoms with Crippen molar-refractivity contribution < 1.29 is 23.8 Å². The predicted molar refractivity (Wildman–Crippen MR) is 159 cm³/mol. The molecule has 1 aromatic heterocycles. The van der Waals surface area contributed by atoms with E-state index in [-0.39, 0.29) is 18.5 Å². The summed E-state index contributed by atoms with van der Waals surface area (Å²) in [4.78, 5) is 32.5. The number of ether oxygens (including phenoxy) is 3. The highest BCUT2D eigenvalue weighted by Crippen LogP contribution is 2.28. The number of anilines is 1. The number of carbonyl (C=O) groups excluding carboxylic acids is 2. The lowest BCUT2D eigenvalue weighted by molar-refractivity contribution is -0.132. The summed E-state index contributed by atoms with van der Waals surface area (Å²) < 4.78 is 16.9. The second-order valence-corrected chi connectivity index (χ2v) is 11.3. The molecule has 0 spiro atoms. The van der Waals surface area contributed by atoms with Gasteiger partial charge >= 0.3 is 6.03 Å². The predicted octanol–water partition coefficient (Wildman–Crippen LogP) is 5.98. The maximum Gasteiger partial charge on any atom is 0.322 e. The van der Waals surface area contributed by atoms with E-state index >= 15 is 0 Å². The van der Waals surface area contributed by atoms with Crippen LogP contribution in [0.1, 0.15) is 21.7 Å². The van der Waals surface area contributed by atoms with Gasteiger partial charge in [-0.15, -0.1) is 11.3 Å². The Bertz CT molecular complexity index is 1220. The van der Waals surface area contributed by atoms with Crippen LogP contribution in [-0.4, -0.2) is 69.3 Å². The van der Waals surface area contributed by atoms with E-state index in [0.717, 1.165) is 14.9 Å². The van der Waals surface area contributed by atoms with Gasteiger partial charge in [0.05, 0.1) is 20.8 Å². The first-order chi connectivity index (χ1) is 18.8. The average Bonchev–Trinajstić information content (AvgIpc) is 3.35. The third-order valence-corrected chi connectivity index (χ3v) is 7.61. The van der Waals surface area contributed by atoms with Crippen molar-refractivity contribution in [3.8, 4) is 11.5 Å². The van der Waals surface area contributed by atoms with Gasteiger partial charge in [0.2, 0.25) is 5.91 Å². The smallest absolute Gasteiger partial charge is 0.322 e. The minimum Gasteiger partial charge on any atom is -0.493 e. The van der Waals surface area contributed by atoms with Crippen LogP contribution in [-0.2, 0) is 22.5 Å². The molecule has 39 heavy (non-hydrogen) atoms. The number of aryl methyl sites for hydroxylation is 1. The first-order valence-corrected chi connectivity index (χ1v) is 14.3. The molecule has 0 aliphatic rings. The van der Waals surface area contributed by atoms with Crippen molar-refractivity contribution in [1.29, 1.82) is 0 Å². The number of nitrogens with one attached hydrogen (secondary N) is 1. The molecule has 3 amide bonds. The number of halogens is 1. The molecule has 1 N–H and O–H groups in total. The summed E-state index contributed by atoms with van der Waals surface area (Å²) in [6.45, 7) is 3.87. The molecule has 0 saturated carbocycles. The number of rotatable bonds is 14. The molecule has 0 saturated heterocycles. The van der Waals surface area contributed by atoms with Crippen molar-refractivity contribution in [1.82, 2.24) is 9.80 Å². The van der Waals surface area contributed by atoms with Crippen molar-refractivity contribution >= 4 is 44.9 Å². The number of hydrogen-bond donors (Lipinski definition) is 1. The molecule has 210 valence electrons. The fraction of sp³-hybridized carbons (Fsp3) is 0.379. The Kier molecular flexibility index (Phi) is 12.1. The number of nitrogens with zero attached hydrogens (tertiary/aromatic N) is 2. The lowest BCUT2D eigenvalue weighted by Crippen LogP contribution is -2.45. The third kappa shape index (κ3) is 9.56. The van der Waals surface area contributed by atoms with E-state index < -0.39 is 0 Å². The average molecular weight is 619 g/mol. The lowest BCUT2D eigenvalue weighted by Gasteiger charge is -2.28. The zero-order valence-corrected chi connectivity index (χ0v) is 25.3. The number of benzene rings is 2. The van der Waals surface area contributed by atoms with Crippen LogP contribution < -0.4 is 14.8 Å². The molecule has 0 unspecified atom stereocenters. The third-order valence-electron chi connectivity index (χ3n) is 6.10. The summed E-state index contributed by atoms with van der Waals surface area (Å²) in [7, 11) is 4.83. The topological polar surface area (TPSA) is 80.3 Å². The van der Waals surface area contributed by atoms with Crippen LogP contribution in [0.5, 0.6) is 11.5 Å². The first-order valence-electron chi connectivity index (χ1n) is 12.7. The highest BCUT2D eigenvalue weighted by molar-refractivity contribution is 9.10. The van der Waals surface area contributed by atoms with Gasteiger partial charge in [0.25, 0.3) is 0 Å². The normalized spacial score (nSPS) is 10.7. The minimum atomic E-state index is -0.325. The van der Waals surface area contributed by atoms with Crippen molar-refractivity contribution in [2.24, 2.45) is 0 Å². The zero-order valence-electron chi connectivity index (χ0n) is 22.9. The largest absolute Gasteiger partial charge is 0.493 e. The van der Waals surface area contributed by atoms with E-state index in [1.165, 1.54) is 4.88 Å². The molecule has 3 rings (SSSR count). The van der Waals surface area contributed by atoms with Gasteiger partial charge in [-0.05, 0) is 73.9 Å². The standard InChI is InChI=1S/C29H36BrN3O5S/c1-21-6-12-25(39-21)19-32(16-14-22-7-13-26(37-3)27(18-22)38-4)28(34)20-33(15-5-17-36-2)29(35)31-24-10-8-23(30)9-11-24/h6-13,18H,5,14-17,19-20H2,1-4H3,(H,31,35). The molecule has 0 aliphatic heterocycles. The van der Waals surface area contributed by atoms with E-state index in [1.807, 2.05) is 60.4 Å². The molecular formula is C29H36BrN3O5S. The SMILES string of the molecule is COCCCN(CC(=O)N(CCc1ccc(OC)c(OC)c1)Cc1ccc(C)s1)C(=O)Nc1ccc(Br)cc1. The van der Waals surface area contributed by atoms with Crippen LogP contribution in [0.3, 0.4) is 0 Å². The van der Waals surface area contributed by atoms with E-state index in [4.69, 9.17) is 14.2 Å². The second kappa shape index (κ2) is 15.5. The molecule has 0 atom stereocenters. The summed E-state index contributed by atoms with van der Waals surface area (Å²) in [5.41, 5.74) is 1.68. The second-order valence-electron chi connectivity index (χ2n) is 8.97. The highest BCUT2D eigenvalue weighted by Gasteiger charge is 2.22. The molecule has 2 aromatic carbocycles. The van der Waals surface area contributed by atoms with Crippen LogP contribution in [0.2, 0.25) is 0 Å². The van der Waals surface area contributed by atoms with Gasteiger partial charge < -0.3 is 29.3 Å². The van der Waals surface area contributed by atoms with Gasteiger partial charge in [0.1, 0.15) is 6.54 Å². The summed E-state index contributed by atoms with van der Waals surface area (Å²) in [5.74, 6) is 1.19. The molecule has 0 bridgehead atoms. The van der Waals surface area contributed by atoms with Gasteiger partial charge in [-0.25, -0.2) is 4.79 Å². The molecule has 8 nitrogen and oxygen atoms in total. The Morgan fingerprint density at radius 2 is 1.67 bits per heavy atom. The number of carbonyl (C=O) groups is 2. The Hall–Kier alpha value is -3.08. The Labute approximate surface area is 243 Å². The zero-order chi connectivity index (χ0) is 28.2.